The number of aliphatic imine (C=N–C) groups is 1. The summed E-state index contributed by atoms with van der Waals surface area (Å²) in [5.41, 5.74) is -1.27. The van der Waals surface area contributed by atoms with Gasteiger partial charge >= 0.3 is 16.3 Å². The molecule has 1 aromatic heterocycles. The van der Waals surface area contributed by atoms with Crippen LogP contribution in [0.15, 0.2) is 75.3 Å². The van der Waals surface area contributed by atoms with Gasteiger partial charge in [0.1, 0.15) is 29.6 Å². The molecule has 6 rings (SSSR count). The van der Waals surface area contributed by atoms with E-state index in [9.17, 15) is 40.3 Å². The summed E-state index contributed by atoms with van der Waals surface area (Å²) >= 11 is 0. The van der Waals surface area contributed by atoms with Gasteiger partial charge in [-0.3, -0.25) is 14.5 Å². The molecule has 0 aliphatic carbocycles. The van der Waals surface area contributed by atoms with Crippen LogP contribution >= 0.6 is 0 Å². The number of nitrogens with one attached hydrogen (secondary N) is 1. The number of rotatable bonds is 6. The van der Waals surface area contributed by atoms with Crippen LogP contribution in [0.5, 0.6) is 5.75 Å². The van der Waals surface area contributed by atoms with Crippen molar-refractivity contribution in [2.75, 3.05) is 23.6 Å². The Hall–Kier alpha value is -4.83. The summed E-state index contributed by atoms with van der Waals surface area (Å²) in [7, 11) is -8.66. The quantitative estimate of drug-likeness (QED) is 0.328. The molecular formula is C27H20F2N4O8S2. The molecular weight excluding hydrogens is 610 g/mol. The van der Waals surface area contributed by atoms with Crippen molar-refractivity contribution >= 4 is 54.1 Å². The second kappa shape index (κ2) is 10.2. The van der Waals surface area contributed by atoms with Crippen LogP contribution in [-0.4, -0.2) is 61.5 Å². The smallest absolute Gasteiger partial charge is 0.425 e. The summed E-state index contributed by atoms with van der Waals surface area (Å²) in [6.45, 7) is -0.461. The monoisotopic (exact) mass is 630 g/mol. The largest absolute Gasteiger partial charge is 0.506 e. The maximum atomic E-state index is 14.2. The molecule has 0 atom stereocenters. The summed E-state index contributed by atoms with van der Waals surface area (Å²) in [6, 6.07) is 12.1. The molecule has 1 saturated heterocycles. The van der Waals surface area contributed by atoms with Crippen molar-refractivity contribution < 1.29 is 40.3 Å². The lowest BCUT2D eigenvalue weighted by atomic mass is 10.1. The van der Waals surface area contributed by atoms with Crippen molar-refractivity contribution in [1.82, 2.24) is 8.87 Å². The van der Waals surface area contributed by atoms with E-state index in [0.717, 1.165) is 18.2 Å². The van der Waals surface area contributed by atoms with E-state index in [1.54, 1.807) is 0 Å². The normalized spacial score (nSPS) is 16.1. The first kappa shape index (κ1) is 28.3. The second-order valence-electron chi connectivity index (χ2n) is 9.70. The number of fused-ring (bicyclic) bond motifs is 2. The Morgan fingerprint density at radius 3 is 2.42 bits per heavy atom. The third-order valence-corrected chi connectivity index (χ3v) is 9.94. The predicted octanol–water partition coefficient (Wildman–Crippen LogP) is 3.05. The Morgan fingerprint density at radius 1 is 1.00 bits per heavy atom. The van der Waals surface area contributed by atoms with Gasteiger partial charge in [0.15, 0.2) is 9.84 Å². The number of carbonyl (C=O) groups is 1. The molecule has 2 aliphatic rings. The number of nitrogens with zero attached hydrogens (tertiary/aromatic N) is 3. The maximum Gasteiger partial charge on any atom is 0.425 e. The zero-order valence-corrected chi connectivity index (χ0v) is 23.5. The number of halogens is 2. The summed E-state index contributed by atoms with van der Waals surface area (Å²) < 4.78 is 88.1. The van der Waals surface area contributed by atoms with Crippen LogP contribution in [0.4, 0.5) is 25.0 Å². The number of anilines is 1. The van der Waals surface area contributed by atoms with Crippen LogP contribution in [0.1, 0.15) is 11.1 Å². The van der Waals surface area contributed by atoms with Crippen molar-refractivity contribution in [2.24, 2.45) is 4.99 Å². The maximum absolute atomic E-state index is 14.2. The second-order valence-corrected chi connectivity index (χ2v) is 13.2. The number of carbonyl (C=O) groups excluding carboxylic acids is 1. The number of aromatic hydroxyl groups is 1. The number of ether oxygens (including phenoxy) is 1. The van der Waals surface area contributed by atoms with Crippen molar-refractivity contribution in [3.05, 3.63) is 93.8 Å². The van der Waals surface area contributed by atoms with Crippen molar-refractivity contribution in [3.8, 4) is 5.75 Å². The molecule has 43 heavy (non-hydrogen) atoms. The molecule has 12 nitrogen and oxygen atoms in total. The topological polar surface area (TPSA) is 164 Å². The fraction of sp³-hybridized carbons (Fsp3) is 0.148. The van der Waals surface area contributed by atoms with Crippen molar-refractivity contribution in [2.45, 2.75) is 11.4 Å². The number of cyclic esters (lactones) is 1. The lowest BCUT2D eigenvalue weighted by molar-refractivity contribution is 0.170. The molecule has 0 bridgehead atoms. The highest BCUT2D eigenvalue weighted by atomic mass is 32.2. The van der Waals surface area contributed by atoms with Gasteiger partial charge in [0, 0.05) is 5.39 Å². The Morgan fingerprint density at radius 2 is 1.72 bits per heavy atom. The number of benzene rings is 3. The van der Waals surface area contributed by atoms with E-state index in [4.69, 9.17) is 0 Å². The molecule has 1 amide bonds. The first-order chi connectivity index (χ1) is 20.3. The van der Waals surface area contributed by atoms with Gasteiger partial charge in [-0.1, -0.05) is 12.1 Å². The highest BCUT2D eigenvalue weighted by Crippen LogP contribution is 2.36. The molecule has 3 heterocycles. The molecule has 2 aliphatic heterocycles. The number of hydrogen-bond donors (Lipinski definition) is 2. The van der Waals surface area contributed by atoms with Crippen LogP contribution in [0.2, 0.25) is 0 Å². The summed E-state index contributed by atoms with van der Waals surface area (Å²) in [4.78, 5) is 29.4. The number of aromatic nitrogens is 1. The van der Waals surface area contributed by atoms with Gasteiger partial charge in [0.2, 0.25) is 0 Å². The highest BCUT2D eigenvalue weighted by molar-refractivity contribution is 7.92. The van der Waals surface area contributed by atoms with E-state index in [0.29, 0.717) is 9.87 Å². The Bertz CT molecular complexity index is 2150. The minimum absolute atomic E-state index is 0.0761. The summed E-state index contributed by atoms with van der Waals surface area (Å²) in [6.07, 6.45) is -1.08. The first-order valence-corrected chi connectivity index (χ1v) is 15.6. The molecule has 222 valence electrons. The van der Waals surface area contributed by atoms with Gasteiger partial charge in [-0.15, -0.1) is 0 Å². The standard InChI is InChI=1S/C27H20F2N4O8S2/c28-16-3-1-15(2-4-16)13-32-22-8-5-17(29)11-19(22)25(34)24(26(32)35)21-14-42(37,38)23-12-18(6-7-20(23)30-21)31-43(39,40)33-9-10-41-27(33)36/h1-8,11-12,31,34H,9-10,13-14H2. The van der Waals surface area contributed by atoms with Crippen LogP contribution in [0.25, 0.3) is 10.9 Å². The van der Waals surface area contributed by atoms with Crippen LogP contribution in [-0.2, 0) is 31.3 Å². The molecule has 0 saturated carbocycles. The van der Waals surface area contributed by atoms with Crippen LogP contribution < -0.4 is 10.3 Å². The number of sulfone groups is 1. The lowest BCUT2D eigenvalue weighted by Crippen LogP contribution is -2.36. The van der Waals surface area contributed by atoms with E-state index in [-0.39, 0.29) is 52.6 Å². The molecule has 1 fully saturated rings. The zero-order valence-electron chi connectivity index (χ0n) is 21.8. The SMILES string of the molecule is O=C1OCCN1S(=O)(=O)Nc1ccc2c(c1)S(=O)(=O)CC(c1c(O)c3cc(F)ccc3n(Cc3ccc(F)cc3)c1=O)=N2. The lowest BCUT2D eigenvalue weighted by Gasteiger charge is -2.21. The van der Waals surface area contributed by atoms with Crippen molar-refractivity contribution in [1.29, 1.82) is 0 Å². The molecule has 2 N–H and O–H groups in total. The predicted molar refractivity (Wildman–Crippen MR) is 151 cm³/mol. The van der Waals surface area contributed by atoms with Crippen molar-refractivity contribution in [3.63, 3.8) is 0 Å². The average molecular weight is 631 g/mol. The van der Waals surface area contributed by atoms with E-state index >= 15 is 0 Å². The highest BCUT2D eigenvalue weighted by Gasteiger charge is 2.35. The number of pyridine rings is 1. The Labute approximate surface area is 242 Å². The summed E-state index contributed by atoms with van der Waals surface area (Å²) in [5, 5.41) is 11.0. The molecule has 3 aromatic carbocycles. The number of hydrogen-bond acceptors (Lipinski definition) is 9. The fourth-order valence-corrected chi connectivity index (χ4v) is 7.45. The third kappa shape index (κ3) is 5.08. The van der Waals surface area contributed by atoms with Gasteiger partial charge in [0.25, 0.3) is 5.56 Å². The van der Waals surface area contributed by atoms with Crippen LogP contribution in [0.3, 0.4) is 0 Å². The van der Waals surface area contributed by atoms with Gasteiger partial charge in [-0.2, -0.15) is 12.7 Å². The van der Waals surface area contributed by atoms with E-state index in [1.807, 2.05) is 0 Å². The fourth-order valence-electron chi connectivity index (χ4n) is 4.89. The van der Waals surface area contributed by atoms with Gasteiger partial charge in [-0.25, -0.2) is 22.0 Å². The summed E-state index contributed by atoms with van der Waals surface area (Å²) in [5.74, 6) is -2.74. The molecule has 4 aromatic rings. The third-order valence-electron chi connectivity index (χ3n) is 6.88. The minimum Gasteiger partial charge on any atom is -0.506 e. The Kier molecular flexibility index (Phi) is 6.69. The van der Waals surface area contributed by atoms with E-state index in [2.05, 4.69) is 14.5 Å². The van der Waals surface area contributed by atoms with Crippen LogP contribution in [0, 0.1) is 11.6 Å². The molecule has 0 spiro atoms. The van der Waals surface area contributed by atoms with Gasteiger partial charge in [0.05, 0.1) is 46.3 Å². The van der Waals surface area contributed by atoms with Gasteiger partial charge in [-0.05, 0) is 54.1 Å². The van der Waals surface area contributed by atoms with E-state index < -0.39 is 60.4 Å². The zero-order chi connectivity index (χ0) is 30.7. The first-order valence-electron chi connectivity index (χ1n) is 12.6. The Balaban J connectivity index is 1.46. The average Bonchev–Trinajstić information content (AvgIpc) is 3.39. The number of amides is 1. The minimum atomic E-state index is -4.40. The molecule has 16 heteroatoms. The van der Waals surface area contributed by atoms with Gasteiger partial charge < -0.3 is 14.4 Å². The molecule has 0 radical (unpaired) electrons. The molecule has 0 unspecified atom stereocenters. The van der Waals surface area contributed by atoms with E-state index in [1.165, 1.54) is 47.0 Å².